The molecule has 0 radical (unpaired) electrons. The number of hydrogen-bond donors (Lipinski definition) is 0. The van der Waals surface area contributed by atoms with E-state index >= 15 is 0 Å². The van der Waals surface area contributed by atoms with Crippen LogP contribution in [0.1, 0.15) is 21.5 Å². The topological polar surface area (TPSA) is 77.9 Å². The van der Waals surface area contributed by atoms with Gasteiger partial charge in [0.25, 0.3) is 5.91 Å². The minimum Gasteiger partial charge on any atom is -0.497 e. The predicted octanol–water partition coefficient (Wildman–Crippen LogP) is 3.80. The van der Waals surface area contributed by atoms with Gasteiger partial charge < -0.3 is 9.47 Å². The highest BCUT2D eigenvalue weighted by Crippen LogP contribution is 2.19. The van der Waals surface area contributed by atoms with Crippen LogP contribution in [0, 0.1) is 11.8 Å². The highest BCUT2D eigenvalue weighted by molar-refractivity contribution is 7.93. The van der Waals surface area contributed by atoms with Crippen molar-refractivity contribution in [3.8, 4) is 23.3 Å². The molecule has 3 aromatic rings. The highest BCUT2D eigenvalue weighted by Gasteiger charge is 2.13. The number of amides is 1. The number of carbonyl (C=O) groups excluding carboxylic acids is 1. The van der Waals surface area contributed by atoms with E-state index in [1.807, 2.05) is 24.3 Å². The quantitative estimate of drug-likeness (QED) is 0.600. The van der Waals surface area contributed by atoms with Crippen LogP contribution in [0.2, 0.25) is 0 Å². The molecule has 30 heavy (non-hydrogen) atoms. The number of ether oxygens (including phenoxy) is 2. The van der Waals surface area contributed by atoms with Gasteiger partial charge in [0.1, 0.15) is 11.5 Å². The molecule has 1 heterocycles. The smallest absolute Gasteiger partial charge is 0.286 e. The highest BCUT2D eigenvalue weighted by atomic mass is 32.2. The molecule has 7 heteroatoms. The zero-order valence-electron chi connectivity index (χ0n) is 16.8. The molecular weight excluding hydrogens is 400 g/mol. The lowest BCUT2D eigenvalue weighted by Crippen LogP contribution is -2.05. The minimum atomic E-state index is -2.95. The number of carbonyl (C=O) groups is 1. The van der Waals surface area contributed by atoms with Crippen LogP contribution in [0.4, 0.5) is 0 Å². The monoisotopic (exact) mass is 420 g/mol. The molecule has 6 nitrogen and oxygen atoms in total. The first-order chi connectivity index (χ1) is 14.4. The summed E-state index contributed by atoms with van der Waals surface area (Å²) in [5.74, 6) is 6.65. The van der Waals surface area contributed by atoms with Crippen molar-refractivity contribution < 1.29 is 18.5 Å². The molecule has 0 saturated carbocycles. The van der Waals surface area contributed by atoms with Crippen LogP contribution in [0.5, 0.6) is 11.5 Å². The summed E-state index contributed by atoms with van der Waals surface area (Å²) < 4.78 is 27.2. The zero-order chi connectivity index (χ0) is 21.6. The summed E-state index contributed by atoms with van der Waals surface area (Å²) in [6.07, 6.45) is 4.35. The van der Waals surface area contributed by atoms with E-state index in [9.17, 15) is 9.00 Å². The molecule has 1 unspecified atom stereocenters. The molecule has 0 N–H and O–H groups in total. The molecule has 0 saturated heterocycles. The number of pyridine rings is 1. The Hall–Kier alpha value is -3.63. The van der Waals surface area contributed by atoms with E-state index in [-0.39, 0.29) is 5.56 Å². The second kappa shape index (κ2) is 9.25. The van der Waals surface area contributed by atoms with Crippen molar-refractivity contribution in [2.24, 2.45) is 4.36 Å². The molecule has 2 aromatic carbocycles. The summed E-state index contributed by atoms with van der Waals surface area (Å²) in [6.45, 7) is 0. The molecule has 0 aliphatic carbocycles. The first-order valence-electron chi connectivity index (χ1n) is 8.93. The van der Waals surface area contributed by atoms with Crippen molar-refractivity contribution in [2.45, 2.75) is 4.90 Å². The first-order valence-corrected chi connectivity index (χ1v) is 10.9. The molecule has 0 fully saturated rings. The lowest BCUT2D eigenvalue weighted by atomic mass is 10.1. The number of nitrogens with zero attached hydrogens (tertiary/aromatic N) is 2. The zero-order valence-corrected chi connectivity index (χ0v) is 17.6. The summed E-state index contributed by atoms with van der Waals surface area (Å²) in [5, 5.41) is 0. The molecule has 3 rings (SSSR count). The van der Waals surface area contributed by atoms with Crippen molar-refractivity contribution in [1.82, 2.24) is 4.98 Å². The van der Waals surface area contributed by atoms with E-state index in [0.29, 0.717) is 16.2 Å². The number of hydrogen-bond acceptors (Lipinski definition) is 5. The molecule has 152 valence electrons. The average molecular weight is 420 g/mol. The lowest BCUT2D eigenvalue weighted by molar-refractivity contribution is 0.100. The summed E-state index contributed by atoms with van der Waals surface area (Å²) in [7, 11) is 0.172. The summed E-state index contributed by atoms with van der Waals surface area (Å²) >= 11 is 0. The Balaban J connectivity index is 1.86. The number of methoxy groups -OCH3 is 2. The number of rotatable bonds is 4. The second-order valence-corrected chi connectivity index (χ2v) is 8.58. The van der Waals surface area contributed by atoms with Crippen LogP contribution < -0.4 is 9.47 Å². The van der Waals surface area contributed by atoms with Gasteiger partial charge in [-0.25, -0.2) is 4.21 Å². The van der Waals surface area contributed by atoms with Crippen LogP contribution in [0.25, 0.3) is 0 Å². The maximum Gasteiger partial charge on any atom is 0.286 e. The maximum atomic E-state index is 13.0. The Labute approximate surface area is 176 Å². The van der Waals surface area contributed by atoms with E-state index in [1.54, 1.807) is 43.6 Å². The molecule has 1 atom stereocenters. The second-order valence-electron chi connectivity index (χ2n) is 6.32. The summed E-state index contributed by atoms with van der Waals surface area (Å²) in [5.41, 5.74) is 1.57. The van der Waals surface area contributed by atoms with Gasteiger partial charge >= 0.3 is 0 Å². The Morgan fingerprint density at radius 2 is 1.63 bits per heavy atom. The van der Waals surface area contributed by atoms with Crippen LogP contribution in [-0.4, -0.2) is 35.6 Å². The van der Waals surface area contributed by atoms with Gasteiger partial charge in [-0.15, -0.1) is 0 Å². The molecule has 1 amide bonds. The van der Waals surface area contributed by atoms with Crippen LogP contribution >= 0.6 is 0 Å². The third-order valence-corrected chi connectivity index (χ3v) is 5.80. The van der Waals surface area contributed by atoms with Gasteiger partial charge in [-0.2, -0.15) is 4.36 Å². The normalized spacial score (nSPS) is 12.1. The van der Waals surface area contributed by atoms with E-state index in [2.05, 4.69) is 21.2 Å². The molecule has 0 aliphatic heterocycles. The first kappa shape index (κ1) is 21.1. The van der Waals surface area contributed by atoms with Crippen molar-refractivity contribution in [3.63, 3.8) is 0 Å². The van der Waals surface area contributed by atoms with Crippen molar-refractivity contribution in [2.75, 3.05) is 20.5 Å². The van der Waals surface area contributed by atoms with Crippen molar-refractivity contribution in [1.29, 1.82) is 0 Å². The van der Waals surface area contributed by atoms with Gasteiger partial charge in [-0.1, -0.05) is 17.9 Å². The van der Waals surface area contributed by atoms with Gasteiger partial charge in [0.2, 0.25) is 0 Å². The molecule has 0 bridgehead atoms. The fourth-order valence-corrected chi connectivity index (χ4v) is 3.74. The van der Waals surface area contributed by atoms with Gasteiger partial charge in [0.15, 0.2) is 0 Å². The average Bonchev–Trinajstić information content (AvgIpc) is 2.78. The Kier molecular flexibility index (Phi) is 6.50. The molecular formula is C23H20N2O4S. The SMILES string of the molecule is COc1ccc(C#Cc2cncc(C(=O)N=S(C)(=O)c3cccc(OC)c3)c2)cc1. The van der Waals surface area contributed by atoms with E-state index in [0.717, 1.165) is 11.3 Å². The van der Waals surface area contributed by atoms with Gasteiger partial charge in [-0.05, 0) is 48.5 Å². The van der Waals surface area contributed by atoms with Crippen LogP contribution in [0.15, 0.2) is 76.2 Å². The van der Waals surface area contributed by atoms with E-state index in [1.165, 1.54) is 19.6 Å². The third-order valence-electron chi connectivity index (χ3n) is 4.16. The van der Waals surface area contributed by atoms with E-state index in [4.69, 9.17) is 9.47 Å². The van der Waals surface area contributed by atoms with Crippen LogP contribution in [0.3, 0.4) is 0 Å². The molecule has 0 spiro atoms. The number of aromatic nitrogens is 1. The predicted molar refractivity (Wildman–Crippen MR) is 115 cm³/mol. The fourth-order valence-electron chi connectivity index (χ4n) is 2.54. The number of benzene rings is 2. The van der Waals surface area contributed by atoms with Crippen molar-refractivity contribution >= 4 is 15.6 Å². The molecule has 0 aliphatic rings. The Morgan fingerprint density at radius 3 is 2.33 bits per heavy atom. The Bertz CT molecular complexity index is 1250. The third kappa shape index (κ3) is 5.25. The van der Waals surface area contributed by atoms with Crippen molar-refractivity contribution in [3.05, 3.63) is 83.7 Å². The minimum absolute atomic E-state index is 0.217. The molecule has 1 aromatic heterocycles. The fraction of sp³-hybridized carbons (Fsp3) is 0.130. The summed E-state index contributed by atoms with van der Waals surface area (Å²) in [4.78, 5) is 17.1. The van der Waals surface area contributed by atoms with Crippen LogP contribution in [-0.2, 0) is 9.73 Å². The van der Waals surface area contributed by atoms with Gasteiger partial charge in [0.05, 0.1) is 34.4 Å². The van der Waals surface area contributed by atoms with Gasteiger partial charge in [0, 0.05) is 29.8 Å². The van der Waals surface area contributed by atoms with E-state index < -0.39 is 15.6 Å². The largest absolute Gasteiger partial charge is 0.497 e. The van der Waals surface area contributed by atoms with Gasteiger partial charge in [-0.3, -0.25) is 9.78 Å². The standard InChI is InChI=1S/C23H20N2O4S/c1-28-20-11-9-17(10-12-20)7-8-18-13-19(16-24-15-18)23(26)25-30(3,27)22-6-4-5-21(14-22)29-2/h4-6,9-16H,1-3H3. The lowest BCUT2D eigenvalue weighted by Gasteiger charge is -2.06. The Morgan fingerprint density at radius 1 is 0.933 bits per heavy atom. The summed E-state index contributed by atoms with van der Waals surface area (Å²) in [6, 6.07) is 15.6. The maximum absolute atomic E-state index is 13.0.